The second kappa shape index (κ2) is 8.96. The summed E-state index contributed by atoms with van der Waals surface area (Å²) in [5.41, 5.74) is -0.0235. The molecule has 1 spiro atoms. The molecule has 168 valence electrons. The van der Waals surface area contributed by atoms with Crippen LogP contribution in [0.4, 0.5) is 0 Å². The van der Waals surface area contributed by atoms with Gasteiger partial charge in [-0.05, 0) is 24.8 Å². The van der Waals surface area contributed by atoms with Crippen LogP contribution in [0.2, 0.25) is 0 Å². The lowest BCUT2D eigenvalue weighted by Gasteiger charge is -2.33. The maximum atomic E-state index is 13.4. The van der Waals surface area contributed by atoms with Gasteiger partial charge in [-0.2, -0.15) is 0 Å². The van der Waals surface area contributed by atoms with Crippen molar-refractivity contribution in [2.24, 2.45) is 11.8 Å². The third kappa shape index (κ3) is 3.72. The highest BCUT2D eigenvalue weighted by Crippen LogP contribution is 2.58. The van der Waals surface area contributed by atoms with E-state index in [1.165, 1.54) is 4.90 Å². The van der Waals surface area contributed by atoms with Crippen LogP contribution in [-0.2, 0) is 25.7 Å². The molecule has 3 fully saturated rings. The predicted octanol–water partition coefficient (Wildman–Crippen LogP) is 0.586. The molecule has 2 unspecified atom stereocenters. The first kappa shape index (κ1) is 21.8. The molecule has 31 heavy (non-hydrogen) atoms. The number of ether oxygens (including phenoxy) is 1. The summed E-state index contributed by atoms with van der Waals surface area (Å²) >= 11 is 0. The average Bonchev–Trinajstić information content (AvgIpc) is 3.41. The van der Waals surface area contributed by atoms with Crippen LogP contribution in [0.25, 0.3) is 0 Å². The number of benzene rings is 1. The Labute approximate surface area is 182 Å². The van der Waals surface area contributed by atoms with Gasteiger partial charge in [-0.25, -0.2) is 0 Å². The molecular formula is C23H31N3O5. The highest BCUT2D eigenvalue weighted by Gasteiger charge is 2.74. The van der Waals surface area contributed by atoms with E-state index in [2.05, 4.69) is 10.6 Å². The Hall–Kier alpha value is -2.45. The van der Waals surface area contributed by atoms with Crippen molar-refractivity contribution in [3.8, 4) is 0 Å². The van der Waals surface area contributed by atoms with Gasteiger partial charge in [-0.1, -0.05) is 43.7 Å². The topological polar surface area (TPSA) is 108 Å². The van der Waals surface area contributed by atoms with Gasteiger partial charge in [0.1, 0.15) is 11.6 Å². The number of nitrogens with zero attached hydrogens (tertiary/aromatic N) is 1. The number of nitrogens with one attached hydrogen (secondary N) is 2. The minimum Gasteiger partial charge on any atom is -0.395 e. The molecule has 3 N–H and O–H groups in total. The number of unbranched alkanes of at least 4 members (excludes halogenated alkanes) is 1. The zero-order chi connectivity index (χ0) is 22.0. The van der Waals surface area contributed by atoms with E-state index >= 15 is 0 Å². The van der Waals surface area contributed by atoms with Crippen molar-refractivity contribution in [1.29, 1.82) is 0 Å². The van der Waals surface area contributed by atoms with Crippen LogP contribution in [0.5, 0.6) is 0 Å². The molecule has 3 heterocycles. The second-order valence-corrected chi connectivity index (χ2v) is 8.66. The van der Waals surface area contributed by atoms with E-state index in [9.17, 15) is 19.5 Å². The molecule has 0 aliphatic carbocycles. The number of β-amino-alcohol motifs (C(OH)–C–C–N with tert-alkyl or cyclic N) is 1. The molecule has 4 rings (SSSR count). The molecule has 0 aromatic heterocycles. The van der Waals surface area contributed by atoms with Gasteiger partial charge in [0.25, 0.3) is 0 Å². The minimum atomic E-state index is -0.998. The van der Waals surface area contributed by atoms with Gasteiger partial charge in [-0.15, -0.1) is 0 Å². The van der Waals surface area contributed by atoms with E-state index in [-0.39, 0.29) is 37.0 Å². The number of amides is 3. The molecule has 3 amide bonds. The second-order valence-electron chi connectivity index (χ2n) is 8.66. The Balaban J connectivity index is 1.55. The van der Waals surface area contributed by atoms with Gasteiger partial charge in [0.2, 0.25) is 17.7 Å². The lowest BCUT2D eigenvalue weighted by atomic mass is 9.70. The van der Waals surface area contributed by atoms with Gasteiger partial charge in [0.05, 0.1) is 24.5 Å². The number of hydrogen-bond acceptors (Lipinski definition) is 5. The van der Waals surface area contributed by atoms with E-state index in [0.717, 1.165) is 18.4 Å². The first-order valence-corrected chi connectivity index (χ1v) is 11.2. The summed E-state index contributed by atoms with van der Waals surface area (Å²) < 4.78 is 6.29. The molecule has 0 saturated carbocycles. The van der Waals surface area contributed by atoms with E-state index < -0.39 is 23.5 Å². The largest absolute Gasteiger partial charge is 0.395 e. The Morgan fingerprint density at radius 3 is 2.71 bits per heavy atom. The van der Waals surface area contributed by atoms with Gasteiger partial charge < -0.3 is 25.4 Å². The van der Waals surface area contributed by atoms with Crippen LogP contribution in [-0.4, -0.2) is 65.2 Å². The first-order valence-electron chi connectivity index (χ1n) is 11.2. The van der Waals surface area contributed by atoms with Crippen molar-refractivity contribution in [2.45, 2.75) is 56.9 Å². The van der Waals surface area contributed by atoms with Gasteiger partial charge in [0.15, 0.2) is 0 Å². The minimum absolute atomic E-state index is 0.0509. The fourth-order valence-electron chi connectivity index (χ4n) is 5.49. The molecule has 0 radical (unpaired) electrons. The summed E-state index contributed by atoms with van der Waals surface area (Å²) in [5, 5.41) is 15.4. The van der Waals surface area contributed by atoms with Crippen LogP contribution in [0.15, 0.2) is 30.3 Å². The first-order chi connectivity index (χ1) is 15.0. The maximum Gasteiger partial charge on any atom is 0.245 e. The number of rotatable bonds is 9. The number of fused-ring (bicyclic) bond motifs is 1. The monoisotopic (exact) mass is 429 g/mol. The number of likely N-dealkylation sites (tertiary alicyclic amines) is 1. The molecule has 2 bridgehead atoms. The standard InChI is InChI=1S/C23H31N3O5/c1-2-3-11-24-21(29)19-23-10-9-16(31-23)17(18(23)22(30)26(19)12-13-27)20(28)25-14-15-7-5-4-6-8-15/h4-8,16-19,27H,2-3,9-14H2,1H3,(H,24,29)(H,25,28)/t16-,17+,18+,19?,23?/m1/s1. The summed E-state index contributed by atoms with van der Waals surface area (Å²) in [4.78, 5) is 41.0. The van der Waals surface area contributed by atoms with Gasteiger partial charge in [-0.3, -0.25) is 14.4 Å². The molecule has 1 aromatic carbocycles. The lowest BCUT2D eigenvalue weighted by Crippen LogP contribution is -2.55. The third-order valence-corrected chi connectivity index (χ3v) is 6.83. The predicted molar refractivity (Wildman–Crippen MR) is 113 cm³/mol. The fourth-order valence-corrected chi connectivity index (χ4v) is 5.49. The van der Waals surface area contributed by atoms with Crippen LogP contribution in [0.1, 0.15) is 38.2 Å². The van der Waals surface area contributed by atoms with Gasteiger partial charge in [0, 0.05) is 19.6 Å². The molecule has 3 saturated heterocycles. The molecule has 8 heteroatoms. The number of carbonyl (C=O) groups is 3. The van der Waals surface area contributed by atoms with Crippen LogP contribution >= 0.6 is 0 Å². The van der Waals surface area contributed by atoms with Crippen molar-refractivity contribution in [1.82, 2.24) is 15.5 Å². The quantitative estimate of drug-likeness (QED) is 0.498. The average molecular weight is 430 g/mol. The molecule has 1 aromatic rings. The van der Waals surface area contributed by atoms with Gasteiger partial charge >= 0.3 is 0 Å². The lowest BCUT2D eigenvalue weighted by molar-refractivity contribution is -0.142. The molecule has 5 atom stereocenters. The molecule has 8 nitrogen and oxygen atoms in total. The Bertz CT molecular complexity index is 832. The third-order valence-electron chi connectivity index (χ3n) is 6.83. The maximum absolute atomic E-state index is 13.4. The number of aliphatic hydroxyl groups excluding tert-OH is 1. The fraction of sp³-hybridized carbons (Fsp3) is 0.609. The van der Waals surface area contributed by atoms with Crippen LogP contribution in [0, 0.1) is 11.8 Å². The number of carbonyl (C=O) groups excluding carboxylic acids is 3. The number of aliphatic hydroxyl groups is 1. The van der Waals surface area contributed by atoms with E-state index in [1.54, 1.807) is 0 Å². The zero-order valence-electron chi connectivity index (χ0n) is 17.9. The SMILES string of the molecule is CCCCNC(=O)C1N(CCO)C(=O)[C@@H]2[C@@H](C(=O)NCc3ccccc3)[C@H]3CCC12O3. The van der Waals surface area contributed by atoms with Crippen molar-refractivity contribution in [3.05, 3.63) is 35.9 Å². The Morgan fingerprint density at radius 1 is 1.23 bits per heavy atom. The Kier molecular flexibility index (Phi) is 6.29. The van der Waals surface area contributed by atoms with E-state index in [1.807, 2.05) is 37.3 Å². The smallest absolute Gasteiger partial charge is 0.245 e. The summed E-state index contributed by atoms with van der Waals surface area (Å²) in [6, 6.07) is 8.78. The van der Waals surface area contributed by atoms with E-state index in [4.69, 9.17) is 4.74 Å². The van der Waals surface area contributed by atoms with E-state index in [0.29, 0.717) is 25.9 Å². The number of hydrogen-bond donors (Lipinski definition) is 3. The zero-order valence-corrected chi connectivity index (χ0v) is 17.9. The van der Waals surface area contributed by atoms with Crippen LogP contribution in [0.3, 0.4) is 0 Å². The van der Waals surface area contributed by atoms with Crippen molar-refractivity contribution in [3.63, 3.8) is 0 Å². The highest BCUT2D eigenvalue weighted by molar-refractivity contribution is 5.98. The van der Waals surface area contributed by atoms with Crippen molar-refractivity contribution in [2.75, 3.05) is 19.7 Å². The summed E-state index contributed by atoms with van der Waals surface area (Å²) in [5.74, 6) is -2.07. The molecule has 3 aliphatic rings. The summed E-state index contributed by atoms with van der Waals surface area (Å²) in [6.07, 6.45) is 2.62. The molecule has 3 aliphatic heterocycles. The summed E-state index contributed by atoms with van der Waals surface area (Å²) in [6.45, 7) is 2.74. The molecular weight excluding hydrogens is 398 g/mol. The Morgan fingerprint density at radius 2 is 2.00 bits per heavy atom. The van der Waals surface area contributed by atoms with Crippen molar-refractivity contribution < 1.29 is 24.2 Å². The van der Waals surface area contributed by atoms with Crippen molar-refractivity contribution >= 4 is 17.7 Å². The summed E-state index contributed by atoms with van der Waals surface area (Å²) in [7, 11) is 0. The highest BCUT2D eigenvalue weighted by atomic mass is 16.5. The van der Waals surface area contributed by atoms with Crippen LogP contribution < -0.4 is 10.6 Å². The normalized spacial score (nSPS) is 31.0.